The number of fused-ring (bicyclic) bond motifs is 1. The molecular formula is C17H26N2O2. The third-order valence-electron chi connectivity index (χ3n) is 4.84. The minimum Gasteiger partial charge on any atom is -0.493 e. The Morgan fingerprint density at radius 1 is 1.10 bits per heavy atom. The molecule has 1 unspecified atom stereocenters. The first-order chi connectivity index (χ1) is 10.3. The van der Waals surface area contributed by atoms with E-state index in [9.17, 15) is 0 Å². The van der Waals surface area contributed by atoms with Gasteiger partial charge in [0.05, 0.1) is 14.2 Å². The standard InChI is InChI=1S/C17H26N2O2/c1-20-16-6-5-14(12-17(16)21-2)7-9-18-10-11-19-8-3-4-15(19)13-18/h5-6,12,15H,3-4,7-11,13H2,1-2H3. The third kappa shape index (κ3) is 3.33. The number of hydrogen-bond acceptors (Lipinski definition) is 4. The van der Waals surface area contributed by atoms with Crippen molar-refractivity contribution in [2.75, 3.05) is 46.9 Å². The van der Waals surface area contributed by atoms with Gasteiger partial charge in [0.15, 0.2) is 11.5 Å². The molecule has 0 saturated carbocycles. The molecule has 0 amide bonds. The van der Waals surface area contributed by atoms with Crippen molar-refractivity contribution in [2.24, 2.45) is 0 Å². The van der Waals surface area contributed by atoms with E-state index >= 15 is 0 Å². The minimum atomic E-state index is 0.806. The molecular weight excluding hydrogens is 264 g/mol. The highest BCUT2D eigenvalue weighted by Gasteiger charge is 2.30. The lowest BCUT2D eigenvalue weighted by molar-refractivity contribution is 0.105. The van der Waals surface area contributed by atoms with Gasteiger partial charge in [-0.15, -0.1) is 0 Å². The predicted molar refractivity (Wildman–Crippen MR) is 84.3 cm³/mol. The van der Waals surface area contributed by atoms with Crippen LogP contribution in [0, 0.1) is 0 Å². The van der Waals surface area contributed by atoms with Gasteiger partial charge in [0, 0.05) is 32.2 Å². The molecule has 2 saturated heterocycles. The molecule has 0 aliphatic carbocycles. The number of rotatable bonds is 5. The van der Waals surface area contributed by atoms with E-state index in [0.29, 0.717) is 0 Å². The van der Waals surface area contributed by atoms with Crippen LogP contribution in [0.3, 0.4) is 0 Å². The lowest BCUT2D eigenvalue weighted by Crippen LogP contribution is -2.50. The SMILES string of the molecule is COc1ccc(CCN2CCN3CCCC3C2)cc1OC. The Balaban J connectivity index is 1.55. The van der Waals surface area contributed by atoms with Gasteiger partial charge >= 0.3 is 0 Å². The van der Waals surface area contributed by atoms with Crippen molar-refractivity contribution in [3.8, 4) is 11.5 Å². The van der Waals surface area contributed by atoms with Crippen LogP contribution >= 0.6 is 0 Å². The molecule has 21 heavy (non-hydrogen) atoms. The molecule has 116 valence electrons. The highest BCUT2D eigenvalue weighted by Crippen LogP contribution is 2.28. The molecule has 4 nitrogen and oxygen atoms in total. The summed E-state index contributed by atoms with van der Waals surface area (Å²) in [6.07, 6.45) is 3.84. The van der Waals surface area contributed by atoms with E-state index in [-0.39, 0.29) is 0 Å². The molecule has 0 bridgehead atoms. The molecule has 2 fully saturated rings. The van der Waals surface area contributed by atoms with Crippen LogP contribution in [0.25, 0.3) is 0 Å². The van der Waals surface area contributed by atoms with E-state index < -0.39 is 0 Å². The van der Waals surface area contributed by atoms with E-state index in [4.69, 9.17) is 9.47 Å². The maximum absolute atomic E-state index is 5.38. The summed E-state index contributed by atoms with van der Waals surface area (Å²) in [5.41, 5.74) is 1.32. The van der Waals surface area contributed by atoms with E-state index in [1.54, 1.807) is 14.2 Å². The normalized spacial score (nSPS) is 23.0. The summed E-state index contributed by atoms with van der Waals surface area (Å²) in [7, 11) is 3.37. The molecule has 0 N–H and O–H groups in total. The second-order valence-corrected chi connectivity index (χ2v) is 6.07. The van der Waals surface area contributed by atoms with Crippen molar-refractivity contribution in [2.45, 2.75) is 25.3 Å². The molecule has 3 rings (SSSR count). The summed E-state index contributed by atoms with van der Waals surface area (Å²) < 4.78 is 10.7. The number of methoxy groups -OCH3 is 2. The van der Waals surface area contributed by atoms with Crippen molar-refractivity contribution < 1.29 is 9.47 Å². The quantitative estimate of drug-likeness (QED) is 0.828. The van der Waals surface area contributed by atoms with E-state index in [0.717, 1.165) is 30.5 Å². The first-order valence-electron chi connectivity index (χ1n) is 7.97. The summed E-state index contributed by atoms with van der Waals surface area (Å²) in [5, 5.41) is 0. The first-order valence-corrected chi connectivity index (χ1v) is 7.97. The van der Waals surface area contributed by atoms with Crippen LogP contribution in [-0.4, -0.2) is 62.8 Å². The smallest absolute Gasteiger partial charge is 0.160 e. The van der Waals surface area contributed by atoms with Crippen LogP contribution in [0.1, 0.15) is 18.4 Å². The lowest BCUT2D eigenvalue weighted by Gasteiger charge is -2.37. The Kier molecular flexibility index (Phi) is 4.66. The molecule has 0 radical (unpaired) electrons. The van der Waals surface area contributed by atoms with Crippen LogP contribution in [0.4, 0.5) is 0 Å². The number of benzene rings is 1. The fourth-order valence-corrected chi connectivity index (χ4v) is 3.58. The fraction of sp³-hybridized carbons (Fsp3) is 0.647. The topological polar surface area (TPSA) is 24.9 Å². The van der Waals surface area contributed by atoms with Gasteiger partial charge < -0.3 is 14.4 Å². The van der Waals surface area contributed by atoms with Crippen LogP contribution < -0.4 is 9.47 Å². The number of nitrogens with zero attached hydrogens (tertiary/aromatic N) is 2. The van der Waals surface area contributed by atoms with E-state index in [1.807, 2.05) is 6.07 Å². The third-order valence-corrected chi connectivity index (χ3v) is 4.84. The first kappa shape index (κ1) is 14.7. The van der Waals surface area contributed by atoms with Crippen molar-refractivity contribution in [1.82, 2.24) is 9.80 Å². The average Bonchev–Trinajstić information content (AvgIpc) is 3.00. The van der Waals surface area contributed by atoms with Gasteiger partial charge in [-0.1, -0.05) is 6.07 Å². The molecule has 2 aliphatic rings. The maximum atomic E-state index is 5.38. The molecule has 0 spiro atoms. The lowest BCUT2D eigenvalue weighted by atomic mass is 10.1. The van der Waals surface area contributed by atoms with Gasteiger partial charge in [-0.3, -0.25) is 4.90 Å². The Morgan fingerprint density at radius 2 is 1.95 bits per heavy atom. The van der Waals surface area contributed by atoms with Crippen LogP contribution in [0.2, 0.25) is 0 Å². The Hall–Kier alpha value is -1.26. The summed E-state index contributed by atoms with van der Waals surface area (Å²) in [6.45, 7) is 6.15. The summed E-state index contributed by atoms with van der Waals surface area (Å²) in [5.74, 6) is 1.64. The van der Waals surface area contributed by atoms with Crippen LogP contribution in [0.15, 0.2) is 18.2 Å². The summed E-state index contributed by atoms with van der Waals surface area (Å²) in [6, 6.07) is 7.06. The van der Waals surface area contributed by atoms with Crippen molar-refractivity contribution >= 4 is 0 Å². The second kappa shape index (κ2) is 6.67. The van der Waals surface area contributed by atoms with Crippen LogP contribution in [-0.2, 0) is 6.42 Å². The highest BCUT2D eigenvalue weighted by molar-refractivity contribution is 5.42. The zero-order valence-corrected chi connectivity index (χ0v) is 13.2. The van der Waals surface area contributed by atoms with Gasteiger partial charge in [0.25, 0.3) is 0 Å². The molecule has 2 aliphatic heterocycles. The number of ether oxygens (including phenoxy) is 2. The van der Waals surface area contributed by atoms with Gasteiger partial charge in [-0.25, -0.2) is 0 Å². The molecule has 1 aromatic rings. The highest BCUT2D eigenvalue weighted by atomic mass is 16.5. The number of hydrogen-bond donors (Lipinski definition) is 0. The molecule has 2 heterocycles. The fourth-order valence-electron chi connectivity index (χ4n) is 3.58. The largest absolute Gasteiger partial charge is 0.493 e. The Labute approximate surface area is 127 Å². The van der Waals surface area contributed by atoms with E-state index in [2.05, 4.69) is 21.9 Å². The van der Waals surface area contributed by atoms with Crippen LogP contribution in [0.5, 0.6) is 11.5 Å². The monoisotopic (exact) mass is 290 g/mol. The summed E-state index contributed by atoms with van der Waals surface area (Å²) in [4.78, 5) is 5.27. The molecule has 0 aromatic heterocycles. The van der Waals surface area contributed by atoms with Crippen molar-refractivity contribution in [3.05, 3.63) is 23.8 Å². The average molecular weight is 290 g/mol. The van der Waals surface area contributed by atoms with E-state index in [1.165, 1.54) is 44.6 Å². The Morgan fingerprint density at radius 3 is 2.76 bits per heavy atom. The van der Waals surface area contributed by atoms with Gasteiger partial charge in [0.2, 0.25) is 0 Å². The zero-order chi connectivity index (χ0) is 14.7. The van der Waals surface area contributed by atoms with Gasteiger partial charge in [0.1, 0.15) is 0 Å². The van der Waals surface area contributed by atoms with Crippen molar-refractivity contribution in [1.29, 1.82) is 0 Å². The molecule has 4 heteroatoms. The second-order valence-electron chi connectivity index (χ2n) is 6.07. The predicted octanol–water partition coefficient (Wildman–Crippen LogP) is 2.03. The molecule has 1 atom stereocenters. The summed E-state index contributed by atoms with van der Waals surface area (Å²) >= 11 is 0. The van der Waals surface area contributed by atoms with Crippen molar-refractivity contribution in [3.63, 3.8) is 0 Å². The van der Waals surface area contributed by atoms with Gasteiger partial charge in [-0.05, 0) is 43.5 Å². The molecule has 1 aromatic carbocycles. The minimum absolute atomic E-state index is 0.806. The van der Waals surface area contributed by atoms with Gasteiger partial charge in [-0.2, -0.15) is 0 Å². The maximum Gasteiger partial charge on any atom is 0.160 e. The zero-order valence-electron chi connectivity index (χ0n) is 13.2. The Bertz CT molecular complexity index is 478. The number of piperazine rings is 1.